The predicted octanol–water partition coefficient (Wildman–Crippen LogP) is 4.99. The van der Waals surface area contributed by atoms with Crippen molar-refractivity contribution in [2.45, 2.75) is 45.1 Å². The van der Waals surface area contributed by atoms with E-state index in [2.05, 4.69) is 4.98 Å². The molecule has 1 aliphatic carbocycles. The van der Waals surface area contributed by atoms with Crippen LogP contribution in [0, 0.1) is 5.92 Å². The summed E-state index contributed by atoms with van der Waals surface area (Å²) in [6.45, 7) is 1.79. The predicted molar refractivity (Wildman–Crippen MR) is 132 cm³/mol. The summed E-state index contributed by atoms with van der Waals surface area (Å²) in [5, 5.41) is 0. The summed E-state index contributed by atoms with van der Waals surface area (Å²) in [7, 11) is 0. The van der Waals surface area contributed by atoms with E-state index in [-0.39, 0.29) is 23.0 Å². The number of ether oxygens (including phenoxy) is 3. The number of carbonyl (C=O) groups is 3. The average molecular weight is 491 g/mol. The van der Waals surface area contributed by atoms with E-state index in [1.54, 1.807) is 23.0 Å². The lowest BCUT2D eigenvalue weighted by atomic mass is 9.90. The van der Waals surface area contributed by atoms with Gasteiger partial charge >= 0.3 is 17.9 Å². The lowest BCUT2D eigenvalue weighted by molar-refractivity contribution is -0.148. The highest BCUT2D eigenvalue weighted by Crippen LogP contribution is 2.25. The number of rotatable bonds is 9. The van der Waals surface area contributed by atoms with E-state index in [0.717, 1.165) is 31.2 Å². The minimum Gasteiger partial charge on any atom is -0.463 e. The van der Waals surface area contributed by atoms with Crippen LogP contribution in [0.25, 0.3) is 0 Å². The van der Waals surface area contributed by atoms with Crippen molar-refractivity contribution < 1.29 is 28.6 Å². The molecule has 3 aromatic rings. The minimum atomic E-state index is -0.779. The van der Waals surface area contributed by atoms with Crippen molar-refractivity contribution in [1.29, 1.82) is 0 Å². The molecule has 36 heavy (non-hydrogen) atoms. The Morgan fingerprint density at radius 1 is 0.944 bits per heavy atom. The number of hydrogen-bond donors (Lipinski definition) is 0. The number of hydrogen-bond acceptors (Lipinski definition) is 7. The van der Waals surface area contributed by atoms with E-state index in [0.29, 0.717) is 12.5 Å². The Morgan fingerprint density at radius 3 is 2.44 bits per heavy atom. The molecule has 2 aromatic carbocycles. The number of carbonyl (C=O) groups excluding carboxylic acids is 3. The fourth-order valence-corrected chi connectivity index (χ4v) is 4.35. The molecule has 0 N–H and O–H groups in total. The van der Waals surface area contributed by atoms with Gasteiger partial charge in [0.25, 0.3) is 0 Å². The van der Waals surface area contributed by atoms with E-state index in [4.69, 9.17) is 14.2 Å². The standard InChI is InChI=1S/C28H30N2O6/c1-20(22-12-6-3-7-13-22)30-19-29-16-24(30)28(33)36-25-15-9-8-14-23(25)27(32)35-18-26(31)34-17-21-10-4-2-5-11-21/h3,6-9,12-16,19-21H,2,4-5,10-11,17-18H2,1H3/t20-/m1/s1. The van der Waals surface area contributed by atoms with E-state index in [1.807, 2.05) is 37.3 Å². The van der Waals surface area contributed by atoms with Crippen LogP contribution in [0.5, 0.6) is 5.75 Å². The van der Waals surface area contributed by atoms with Gasteiger partial charge in [-0.25, -0.2) is 19.4 Å². The first-order valence-electron chi connectivity index (χ1n) is 12.2. The number of esters is 3. The molecule has 0 radical (unpaired) electrons. The topological polar surface area (TPSA) is 96.7 Å². The smallest absolute Gasteiger partial charge is 0.362 e. The highest BCUT2D eigenvalue weighted by molar-refractivity contribution is 5.96. The second kappa shape index (κ2) is 12.2. The molecular formula is C28H30N2O6. The first-order valence-corrected chi connectivity index (χ1v) is 12.2. The molecule has 1 aliphatic rings. The van der Waals surface area contributed by atoms with Crippen molar-refractivity contribution in [2.75, 3.05) is 13.2 Å². The van der Waals surface area contributed by atoms with Crippen LogP contribution in [0.2, 0.25) is 0 Å². The van der Waals surface area contributed by atoms with Gasteiger partial charge in [-0.05, 0) is 43.4 Å². The molecule has 0 amide bonds. The van der Waals surface area contributed by atoms with Gasteiger partial charge in [-0.15, -0.1) is 0 Å². The van der Waals surface area contributed by atoms with Gasteiger partial charge in [-0.1, -0.05) is 61.7 Å². The Hall–Kier alpha value is -3.94. The molecule has 1 saturated carbocycles. The van der Waals surface area contributed by atoms with E-state index in [9.17, 15) is 14.4 Å². The van der Waals surface area contributed by atoms with E-state index < -0.39 is 24.5 Å². The molecular weight excluding hydrogens is 460 g/mol. The Morgan fingerprint density at radius 2 is 1.67 bits per heavy atom. The summed E-state index contributed by atoms with van der Waals surface area (Å²) < 4.78 is 17.7. The zero-order chi connectivity index (χ0) is 25.3. The summed E-state index contributed by atoms with van der Waals surface area (Å²) >= 11 is 0. The summed E-state index contributed by atoms with van der Waals surface area (Å²) in [5.41, 5.74) is 1.28. The van der Waals surface area contributed by atoms with Crippen molar-refractivity contribution in [3.05, 3.63) is 83.9 Å². The van der Waals surface area contributed by atoms with Gasteiger partial charge in [-0.2, -0.15) is 0 Å². The summed E-state index contributed by atoms with van der Waals surface area (Å²) in [6.07, 6.45) is 8.61. The van der Waals surface area contributed by atoms with E-state index in [1.165, 1.54) is 24.8 Å². The quantitative estimate of drug-likeness (QED) is 0.308. The molecule has 1 aromatic heterocycles. The minimum absolute atomic E-state index is 0.0307. The molecule has 188 valence electrons. The third kappa shape index (κ3) is 6.38. The van der Waals surface area contributed by atoms with Crippen molar-refractivity contribution in [2.24, 2.45) is 5.92 Å². The summed E-state index contributed by atoms with van der Waals surface area (Å²) in [6, 6.07) is 15.8. The molecule has 0 aliphatic heterocycles. The number of nitrogens with zero attached hydrogens (tertiary/aromatic N) is 2. The maximum atomic E-state index is 13.0. The van der Waals surface area contributed by atoms with Crippen molar-refractivity contribution in [3.8, 4) is 5.75 Å². The Kier molecular flexibility index (Phi) is 8.49. The first-order chi connectivity index (χ1) is 17.5. The molecule has 0 spiro atoms. The molecule has 1 heterocycles. The van der Waals surface area contributed by atoms with Crippen LogP contribution in [0.3, 0.4) is 0 Å². The Balaban J connectivity index is 1.37. The number of imidazole rings is 1. The highest BCUT2D eigenvalue weighted by Gasteiger charge is 2.23. The van der Waals surface area contributed by atoms with Crippen molar-refractivity contribution >= 4 is 17.9 Å². The number of aromatic nitrogens is 2. The zero-order valence-electron chi connectivity index (χ0n) is 20.3. The highest BCUT2D eigenvalue weighted by atomic mass is 16.6. The van der Waals surface area contributed by atoms with E-state index >= 15 is 0 Å². The largest absolute Gasteiger partial charge is 0.463 e. The second-order valence-electron chi connectivity index (χ2n) is 8.92. The molecule has 4 rings (SSSR count). The van der Waals surface area contributed by atoms with Gasteiger partial charge in [0, 0.05) is 0 Å². The molecule has 0 bridgehead atoms. The van der Waals surface area contributed by atoms with Crippen LogP contribution < -0.4 is 4.74 Å². The van der Waals surface area contributed by atoms with Crippen LogP contribution >= 0.6 is 0 Å². The third-order valence-electron chi connectivity index (χ3n) is 6.41. The fraction of sp³-hybridized carbons (Fsp3) is 0.357. The number of para-hydroxylation sites is 1. The molecule has 0 saturated heterocycles. The zero-order valence-corrected chi connectivity index (χ0v) is 20.3. The van der Waals surface area contributed by atoms with Crippen LogP contribution in [0.1, 0.15) is 71.5 Å². The van der Waals surface area contributed by atoms with Crippen LogP contribution in [-0.2, 0) is 14.3 Å². The Labute approximate surface area is 210 Å². The van der Waals surface area contributed by atoms with Gasteiger partial charge in [0.05, 0.1) is 25.2 Å². The SMILES string of the molecule is C[C@H](c1ccccc1)n1cncc1C(=O)Oc1ccccc1C(=O)OCC(=O)OCC1CCCCC1. The summed E-state index contributed by atoms with van der Waals surface area (Å²) in [4.78, 5) is 41.8. The Bertz CT molecular complexity index is 1180. The van der Waals surface area contributed by atoms with Crippen molar-refractivity contribution in [3.63, 3.8) is 0 Å². The normalized spacial score (nSPS) is 14.6. The van der Waals surface area contributed by atoms with Crippen LogP contribution in [-0.4, -0.2) is 40.7 Å². The molecule has 8 heteroatoms. The van der Waals surface area contributed by atoms with Gasteiger partial charge in [0.15, 0.2) is 6.61 Å². The van der Waals surface area contributed by atoms with Crippen LogP contribution in [0.4, 0.5) is 0 Å². The fourth-order valence-electron chi connectivity index (χ4n) is 4.35. The monoisotopic (exact) mass is 490 g/mol. The lowest BCUT2D eigenvalue weighted by Crippen LogP contribution is -2.22. The van der Waals surface area contributed by atoms with Gasteiger partial charge in [-0.3, -0.25) is 0 Å². The van der Waals surface area contributed by atoms with Crippen molar-refractivity contribution in [1.82, 2.24) is 9.55 Å². The molecule has 1 fully saturated rings. The molecule has 8 nitrogen and oxygen atoms in total. The van der Waals surface area contributed by atoms with Gasteiger partial charge in [0.1, 0.15) is 17.0 Å². The lowest BCUT2D eigenvalue weighted by Gasteiger charge is -2.20. The second-order valence-corrected chi connectivity index (χ2v) is 8.92. The summed E-state index contributed by atoms with van der Waals surface area (Å²) in [5.74, 6) is -1.64. The van der Waals surface area contributed by atoms with Gasteiger partial charge < -0.3 is 18.8 Å². The maximum absolute atomic E-state index is 13.0. The third-order valence-corrected chi connectivity index (χ3v) is 6.41. The molecule has 0 unspecified atom stereocenters. The van der Waals surface area contributed by atoms with Crippen LogP contribution in [0.15, 0.2) is 67.1 Å². The average Bonchev–Trinajstić information content (AvgIpc) is 3.42. The maximum Gasteiger partial charge on any atom is 0.362 e. The molecule has 1 atom stereocenters. The number of benzene rings is 2. The first kappa shape index (κ1) is 25.2. The van der Waals surface area contributed by atoms with Gasteiger partial charge in [0.2, 0.25) is 0 Å².